The van der Waals surface area contributed by atoms with Crippen LogP contribution in [0.15, 0.2) is 6.07 Å². The number of nitrogens with zero attached hydrogens (tertiary/aromatic N) is 3. The van der Waals surface area contributed by atoms with Gasteiger partial charge in [-0.25, -0.2) is 4.98 Å². The summed E-state index contributed by atoms with van der Waals surface area (Å²) in [5.74, 6) is 0.731. The van der Waals surface area contributed by atoms with Gasteiger partial charge in [-0.15, -0.1) is 0 Å². The fourth-order valence-corrected chi connectivity index (χ4v) is 2.89. The SMILES string of the molecule is Cc1cc(C)c(C#N)c(NC(C)CN2CCCCC2)n1. The van der Waals surface area contributed by atoms with Crippen molar-refractivity contribution in [2.24, 2.45) is 0 Å². The van der Waals surface area contributed by atoms with Gasteiger partial charge < -0.3 is 10.2 Å². The maximum atomic E-state index is 9.28. The smallest absolute Gasteiger partial charge is 0.144 e. The average molecular weight is 272 g/mol. The number of hydrogen-bond donors (Lipinski definition) is 1. The van der Waals surface area contributed by atoms with E-state index in [2.05, 4.69) is 28.2 Å². The molecule has 1 aromatic rings. The highest BCUT2D eigenvalue weighted by molar-refractivity contribution is 5.56. The molecule has 1 aromatic heterocycles. The first-order chi connectivity index (χ1) is 9.60. The lowest BCUT2D eigenvalue weighted by Gasteiger charge is -2.29. The van der Waals surface area contributed by atoms with Crippen LogP contribution in [0, 0.1) is 25.2 Å². The van der Waals surface area contributed by atoms with Crippen LogP contribution in [0.4, 0.5) is 5.82 Å². The molecule has 20 heavy (non-hydrogen) atoms. The van der Waals surface area contributed by atoms with Crippen molar-refractivity contribution in [1.82, 2.24) is 9.88 Å². The highest BCUT2D eigenvalue weighted by atomic mass is 15.2. The van der Waals surface area contributed by atoms with E-state index in [1.165, 1.54) is 32.4 Å². The van der Waals surface area contributed by atoms with Crippen molar-refractivity contribution in [3.63, 3.8) is 0 Å². The van der Waals surface area contributed by atoms with E-state index in [0.29, 0.717) is 11.6 Å². The van der Waals surface area contributed by atoms with E-state index >= 15 is 0 Å². The highest BCUT2D eigenvalue weighted by Gasteiger charge is 2.15. The summed E-state index contributed by atoms with van der Waals surface area (Å²) in [5.41, 5.74) is 2.61. The minimum Gasteiger partial charge on any atom is -0.365 e. The summed E-state index contributed by atoms with van der Waals surface area (Å²) in [6.07, 6.45) is 3.96. The predicted molar refractivity (Wildman–Crippen MR) is 81.8 cm³/mol. The van der Waals surface area contributed by atoms with Crippen LogP contribution in [-0.4, -0.2) is 35.6 Å². The molecule has 0 saturated carbocycles. The molecule has 1 aliphatic rings. The molecule has 0 radical (unpaired) electrons. The molecule has 0 aliphatic carbocycles. The van der Waals surface area contributed by atoms with Gasteiger partial charge in [0.1, 0.15) is 11.9 Å². The number of anilines is 1. The lowest BCUT2D eigenvalue weighted by molar-refractivity contribution is 0.223. The van der Waals surface area contributed by atoms with Crippen molar-refractivity contribution < 1.29 is 0 Å². The van der Waals surface area contributed by atoms with Crippen LogP contribution in [0.1, 0.15) is 43.0 Å². The fourth-order valence-electron chi connectivity index (χ4n) is 2.89. The van der Waals surface area contributed by atoms with Crippen LogP contribution in [0.5, 0.6) is 0 Å². The zero-order chi connectivity index (χ0) is 14.5. The van der Waals surface area contributed by atoms with Crippen LogP contribution in [0.2, 0.25) is 0 Å². The molecule has 1 N–H and O–H groups in total. The summed E-state index contributed by atoms with van der Waals surface area (Å²) in [5, 5.41) is 12.7. The quantitative estimate of drug-likeness (QED) is 0.915. The van der Waals surface area contributed by atoms with Gasteiger partial charge in [0.2, 0.25) is 0 Å². The number of aryl methyl sites for hydroxylation is 2. The molecule has 1 unspecified atom stereocenters. The lowest BCUT2D eigenvalue weighted by Crippen LogP contribution is -2.38. The van der Waals surface area contributed by atoms with Crippen molar-refractivity contribution in [1.29, 1.82) is 5.26 Å². The predicted octanol–water partition coefficient (Wildman–Crippen LogP) is 2.86. The average Bonchev–Trinajstić information content (AvgIpc) is 2.39. The second-order valence-corrected chi connectivity index (χ2v) is 5.82. The number of pyridine rings is 1. The molecule has 4 nitrogen and oxygen atoms in total. The highest BCUT2D eigenvalue weighted by Crippen LogP contribution is 2.19. The summed E-state index contributed by atoms with van der Waals surface area (Å²) < 4.78 is 0. The molecule has 108 valence electrons. The lowest BCUT2D eigenvalue weighted by atomic mass is 10.1. The number of rotatable bonds is 4. The molecule has 0 bridgehead atoms. The summed E-state index contributed by atoms with van der Waals surface area (Å²) >= 11 is 0. The van der Waals surface area contributed by atoms with E-state index in [9.17, 15) is 5.26 Å². The van der Waals surface area contributed by atoms with Gasteiger partial charge >= 0.3 is 0 Å². The van der Waals surface area contributed by atoms with E-state index in [-0.39, 0.29) is 0 Å². The Bertz CT molecular complexity index is 498. The molecule has 2 heterocycles. The van der Waals surface area contributed by atoms with E-state index in [4.69, 9.17) is 0 Å². The van der Waals surface area contributed by atoms with Crippen LogP contribution in [-0.2, 0) is 0 Å². The molecule has 4 heteroatoms. The zero-order valence-electron chi connectivity index (χ0n) is 12.7. The standard InChI is InChI=1S/C16H24N4/c1-12-9-13(2)18-16(15(12)10-17)19-14(3)11-20-7-5-4-6-8-20/h9,14H,4-8,11H2,1-3H3,(H,18,19). The maximum Gasteiger partial charge on any atom is 0.144 e. The Kier molecular flexibility index (Phi) is 4.97. The number of hydrogen-bond acceptors (Lipinski definition) is 4. The first kappa shape index (κ1) is 14.8. The van der Waals surface area contributed by atoms with E-state index in [1.54, 1.807) is 0 Å². The summed E-state index contributed by atoms with van der Waals surface area (Å²) in [6, 6.07) is 4.52. The first-order valence-electron chi connectivity index (χ1n) is 7.47. The Hall–Kier alpha value is -1.60. The number of nitriles is 1. The van der Waals surface area contributed by atoms with Gasteiger partial charge in [0.15, 0.2) is 0 Å². The Balaban J connectivity index is 2.03. The Labute approximate surface area is 121 Å². The molecule has 0 spiro atoms. The summed E-state index contributed by atoms with van der Waals surface area (Å²) in [6.45, 7) is 9.49. The largest absolute Gasteiger partial charge is 0.365 e. The van der Waals surface area contributed by atoms with Crippen LogP contribution < -0.4 is 5.32 Å². The molecular weight excluding hydrogens is 248 g/mol. The van der Waals surface area contributed by atoms with Gasteiger partial charge in [-0.1, -0.05) is 6.42 Å². The van der Waals surface area contributed by atoms with Crippen molar-refractivity contribution in [3.8, 4) is 6.07 Å². The van der Waals surface area contributed by atoms with Crippen molar-refractivity contribution >= 4 is 5.82 Å². The second kappa shape index (κ2) is 6.71. The van der Waals surface area contributed by atoms with E-state index in [1.807, 2.05) is 19.9 Å². The molecule has 0 aromatic carbocycles. The second-order valence-electron chi connectivity index (χ2n) is 5.82. The molecule has 1 saturated heterocycles. The van der Waals surface area contributed by atoms with Crippen molar-refractivity contribution in [2.45, 2.75) is 46.1 Å². The topological polar surface area (TPSA) is 52.0 Å². The van der Waals surface area contributed by atoms with Crippen molar-refractivity contribution in [2.75, 3.05) is 25.0 Å². The fraction of sp³-hybridized carbons (Fsp3) is 0.625. The monoisotopic (exact) mass is 272 g/mol. The number of aromatic nitrogens is 1. The summed E-state index contributed by atoms with van der Waals surface area (Å²) in [4.78, 5) is 6.98. The van der Waals surface area contributed by atoms with Crippen molar-refractivity contribution in [3.05, 3.63) is 22.9 Å². The molecule has 1 fully saturated rings. The van der Waals surface area contributed by atoms with Crippen LogP contribution in [0.25, 0.3) is 0 Å². The van der Waals surface area contributed by atoms with Gasteiger partial charge in [0.05, 0.1) is 5.56 Å². The van der Waals surface area contributed by atoms with Gasteiger partial charge in [-0.3, -0.25) is 0 Å². The molecule has 1 atom stereocenters. The minimum atomic E-state index is 0.300. The molecule has 1 aliphatic heterocycles. The van der Waals surface area contributed by atoms with Crippen LogP contribution >= 0.6 is 0 Å². The Morgan fingerprint density at radius 1 is 1.35 bits per heavy atom. The van der Waals surface area contributed by atoms with Crippen LogP contribution in [0.3, 0.4) is 0 Å². The molecular formula is C16H24N4. The minimum absolute atomic E-state index is 0.300. The third kappa shape index (κ3) is 3.71. The van der Waals surface area contributed by atoms with Gasteiger partial charge in [-0.2, -0.15) is 5.26 Å². The molecule has 2 rings (SSSR count). The normalized spacial score (nSPS) is 17.5. The van der Waals surface area contributed by atoms with E-state index < -0.39 is 0 Å². The maximum absolute atomic E-state index is 9.28. The number of piperidine rings is 1. The summed E-state index contributed by atoms with van der Waals surface area (Å²) in [7, 11) is 0. The first-order valence-corrected chi connectivity index (χ1v) is 7.47. The van der Waals surface area contributed by atoms with Gasteiger partial charge in [0, 0.05) is 18.3 Å². The molecule has 0 amide bonds. The Morgan fingerprint density at radius 2 is 2.05 bits per heavy atom. The Morgan fingerprint density at radius 3 is 2.70 bits per heavy atom. The van der Waals surface area contributed by atoms with Gasteiger partial charge in [-0.05, 0) is 58.3 Å². The zero-order valence-corrected chi connectivity index (χ0v) is 12.7. The number of likely N-dealkylation sites (tertiary alicyclic amines) is 1. The van der Waals surface area contributed by atoms with Gasteiger partial charge in [0.25, 0.3) is 0 Å². The third-order valence-corrected chi connectivity index (χ3v) is 3.82. The number of nitrogens with one attached hydrogen (secondary N) is 1. The third-order valence-electron chi connectivity index (χ3n) is 3.82. The van der Waals surface area contributed by atoms with E-state index in [0.717, 1.165) is 23.6 Å².